The number of methoxy groups -OCH3 is 2. The Bertz CT molecular complexity index is 723. The van der Waals surface area contributed by atoms with Gasteiger partial charge >= 0.3 is 0 Å². The average molecular weight is 350 g/mol. The normalized spacial score (nSPS) is 10.2. The average Bonchev–Trinajstić information content (AvgIpc) is 2.57. The number of nitrogens with one attached hydrogen (secondary N) is 1. The van der Waals surface area contributed by atoms with Crippen LogP contribution >= 0.6 is 11.6 Å². The van der Waals surface area contributed by atoms with E-state index in [1.54, 1.807) is 37.4 Å². The number of carbonyl (C=O) groups excluding carboxylic acids is 1. The second-order valence-electron chi connectivity index (χ2n) is 5.27. The van der Waals surface area contributed by atoms with E-state index < -0.39 is 0 Å². The minimum absolute atomic E-state index is 0.124. The number of benzene rings is 2. The Morgan fingerprint density at radius 3 is 2.29 bits per heavy atom. The molecule has 0 radical (unpaired) electrons. The summed E-state index contributed by atoms with van der Waals surface area (Å²) in [6, 6.07) is 8.77. The molecule has 0 aliphatic rings. The fraction of sp³-hybridized carbons (Fsp3) is 0.278. The van der Waals surface area contributed by atoms with Crippen LogP contribution in [-0.2, 0) is 4.79 Å². The highest BCUT2D eigenvalue weighted by molar-refractivity contribution is 6.32. The Hall–Kier alpha value is -2.40. The summed E-state index contributed by atoms with van der Waals surface area (Å²) in [7, 11) is 3.09. The quantitative estimate of drug-likeness (QED) is 0.856. The van der Waals surface area contributed by atoms with Gasteiger partial charge in [-0.15, -0.1) is 0 Å². The molecule has 0 saturated carbocycles. The summed E-state index contributed by atoms with van der Waals surface area (Å²) < 4.78 is 15.9. The van der Waals surface area contributed by atoms with Crippen LogP contribution in [0.25, 0.3) is 0 Å². The number of amides is 1. The van der Waals surface area contributed by atoms with Gasteiger partial charge in [0.1, 0.15) is 17.2 Å². The molecule has 0 bridgehead atoms. The maximum Gasteiger partial charge on any atom is 0.262 e. The third kappa shape index (κ3) is 4.32. The summed E-state index contributed by atoms with van der Waals surface area (Å²) in [6.45, 7) is 3.66. The van der Waals surface area contributed by atoms with E-state index in [0.29, 0.717) is 28.0 Å². The zero-order valence-electron chi connectivity index (χ0n) is 14.1. The van der Waals surface area contributed by atoms with Gasteiger partial charge in [0, 0.05) is 11.1 Å². The van der Waals surface area contributed by atoms with Gasteiger partial charge in [-0.2, -0.15) is 0 Å². The lowest BCUT2D eigenvalue weighted by atomic mass is 10.1. The maximum atomic E-state index is 12.1. The molecule has 6 heteroatoms. The van der Waals surface area contributed by atoms with E-state index in [9.17, 15) is 4.79 Å². The second-order valence-corrected chi connectivity index (χ2v) is 5.65. The van der Waals surface area contributed by atoms with Crippen molar-refractivity contribution in [2.24, 2.45) is 0 Å². The van der Waals surface area contributed by atoms with E-state index in [-0.39, 0.29) is 12.5 Å². The van der Waals surface area contributed by atoms with Gasteiger partial charge in [-0.05, 0) is 49.2 Å². The molecule has 0 aliphatic heterocycles. The summed E-state index contributed by atoms with van der Waals surface area (Å²) in [6.07, 6.45) is 0. The van der Waals surface area contributed by atoms with Crippen LogP contribution in [0.1, 0.15) is 11.1 Å². The molecule has 0 heterocycles. The number of rotatable bonds is 6. The number of halogens is 1. The van der Waals surface area contributed by atoms with Crippen LogP contribution in [0, 0.1) is 13.8 Å². The number of aryl methyl sites for hydroxylation is 2. The molecule has 0 aromatic heterocycles. The molecule has 0 unspecified atom stereocenters. The first-order valence-electron chi connectivity index (χ1n) is 7.36. The molecule has 0 atom stereocenters. The number of ether oxygens (including phenoxy) is 3. The van der Waals surface area contributed by atoms with Gasteiger partial charge in [-0.25, -0.2) is 0 Å². The molecule has 2 aromatic rings. The molecule has 24 heavy (non-hydrogen) atoms. The molecule has 2 aromatic carbocycles. The molecule has 0 fully saturated rings. The highest BCUT2D eigenvalue weighted by Crippen LogP contribution is 2.29. The van der Waals surface area contributed by atoms with Crippen LogP contribution in [-0.4, -0.2) is 26.7 Å². The van der Waals surface area contributed by atoms with Crippen LogP contribution in [0.15, 0.2) is 30.3 Å². The number of carbonyl (C=O) groups is 1. The smallest absolute Gasteiger partial charge is 0.262 e. The van der Waals surface area contributed by atoms with Crippen molar-refractivity contribution >= 4 is 23.2 Å². The lowest BCUT2D eigenvalue weighted by Crippen LogP contribution is -2.20. The largest absolute Gasteiger partial charge is 0.497 e. The van der Waals surface area contributed by atoms with Gasteiger partial charge in [0.05, 0.1) is 19.9 Å². The van der Waals surface area contributed by atoms with Gasteiger partial charge in [-0.1, -0.05) is 11.6 Å². The molecule has 1 amide bonds. The third-order valence-corrected chi connectivity index (χ3v) is 4.06. The molecule has 5 nitrogen and oxygen atoms in total. The van der Waals surface area contributed by atoms with E-state index in [0.717, 1.165) is 11.1 Å². The Balaban J connectivity index is 2.04. The van der Waals surface area contributed by atoms with Crippen LogP contribution in [0.3, 0.4) is 0 Å². The lowest BCUT2D eigenvalue weighted by Gasteiger charge is -2.13. The van der Waals surface area contributed by atoms with Crippen LogP contribution in [0.5, 0.6) is 17.2 Å². The summed E-state index contributed by atoms with van der Waals surface area (Å²) in [5.74, 6) is 1.47. The van der Waals surface area contributed by atoms with Gasteiger partial charge in [0.2, 0.25) is 0 Å². The predicted octanol–water partition coefficient (Wildman–Crippen LogP) is 3.99. The third-order valence-electron chi connectivity index (χ3n) is 3.46. The van der Waals surface area contributed by atoms with E-state index in [1.165, 1.54) is 7.11 Å². The summed E-state index contributed by atoms with van der Waals surface area (Å²) in [5, 5.41) is 3.45. The van der Waals surface area contributed by atoms with Gasteiger partial charge < -0.3 is 19.5 Å². The van der Waals surface area contributed by atoms with Crippen LogP contribution < -0.4 is 19.5 Å². The van der Waals surface area contributed by atoms with Crippen LogP contribution in [0.4, 0.5) is 5.69 Å². The molecule has 1 N–H and O–H groups in total. The Kier molecular flexibility index (Phi) is 5.93. The fourth-order valence-electron chi connectivity index (χ4n) is 2.24. The first-order chi connectivity index (χ1) is 11.4. The summed E-state index contributed by atoms with van der Waals surface area (Å²) in [4.78, 5) is 12.1. The molecule has 0 spiro atoms. The lowest BCUT2D eigenvalue weighted by molar-refractivity contribution is -0.118. The van der Waals surface area contributed by atoms with Crippen molar-refractivity contribution in [2.45, 2.75) is 13.8 Å². The molecule has 0 aliphatic carbocycles. The second kappa shape index (κ2) is 7.93. The minimum atomic E-state index is -0.299. The summed E-state index contributed by atoms with van der Waals surface area (Å²) in [5.41, 5.74) is 2.33. The van der Waals surface area contributed by atoms with Gasteiger partial charge in [0.15, 0.2) is 6.61 Å². The number of hydrogen-bond acceptors (Lipinski definition) is 4. The highest BCUT2D eigenvalue weighted by Gasteiger charge is 2.11. The molecule has 0 saturated heterocycles. The number of anilines is 1. The summed E-state index contributed by atoms with van der Waals surface area (Å²) >= 11 is 6.12. The molecule has 2 rings (SSSR count). The SMILES string of the molecule is COc1ccc(OC)c(NC(=O)COc2cc(C)c(Cl)c(C)c2)c1. The van der Waals surface area contributed by atoms with E-state index in [1.807, 2.05) is 13.8 Å². The zero-order chi connectivity index (χ0) is 17.7. The van der Waals surface area contributed by atoms with Crippen molar-refractivity contribution in [2.75, 3.05) is 26.1 Å². The van der Waals surface area contributed by atoms with Crippen molar-refractivity contribution in [1.82, 2.24) is 0 Å². The number of hydrogen-bond donors (Lipinski definition) is 1. The van der Waals surface area contributed by atoms with E-state index in [4.69, 9.17) is 25.8 Å². The van der Waals surface area contributed by atoms with Crippen molar-refractivity contribution in [3.8, 4) is 17.2 Å². The molecule has 128 valence electrons. The topological polar surface area (TPSA) is 56.8 Å². The van der Waals surface area contributed by atoms with Gasteiger partial charge in [-0.3, -0.25) is 4.79 Å². The van der Waals surface area contributed by atoms with Gasteiger partial charge in [0.25, 0.3) is 5.91 Å². The fourth-order valence-corrected chi connectivity index (χ4v) is 2.35. The Labute approximate surface area is 146 Å². The first kappa shape index (κ1) is 17.9. The highest BCUT2D eigenvalue weighted by atomic mass is 35.5. The van der Waals surface area contributed by atoms with Crippen molar-refractivity contribution in [3.05, 3.63) is 46.5 Å². The maximum absolute atomic E-state index is 12.1. The van der Waals surface area contributed by atoms with E-state index >= 15 is 0 Å². The van der Waals surface area contributed by atoms with Crippen molar-refractivity contribution in [3.63, 3.8) is 0 Å². The Morgan fingerprint density at radius 2 is 1.71 bits per heavy atom. The predicted molar refractivity (Wildman–Crippen MR) is 94.6 cm³/mol. The molecular formula is C18H20ClNO4. The zero-order valence-corrected chi connectivity index (χ0v) is 14.9. The van der Waals surface area contributed by atoms with Crippen molar-refractivity contribution < 1.29 is 19.0 Å². The minimum Gasteiger partial charge on any atom is -0.497 e. The van der Waals surface area contributed by atoms with Crippen molar-refractivity contribution in [1.29, 1.82) is 0 Å². The molecular weight excluding hydrogens is 330 g/mol. The standard InChI is InChI=1S/C18H20ClNO4/c1-11-7-14(8-12(2)18(11)19)24-10-17(21)20-15-9-13(22-3)5-6-16(15)23-4/h5-9H,10H2,1-4H3,(H,20,21). The monoisotopic (exact) mass is 349 g/mol. The Morgan fingerprint density at radius 1 is 1.04 bits per heavy atom. The van der Waals surface area contributed by atoms with E-state index in [2.05, 4.69) is 5.32 Å². The van der Waals surface area contributed by atoms with Crippen LogP contribution in [0.2, 0.25) is 5.02 Å². The first-order valence-corrected chi connectivity index (χ1v) is 7.73.